The van der Waals surface area contributed by atoms with Crippen LogP contribution < -0.4 is 0 Å². The fourth-order valence-electron chi connectivity index (χ4n) is 11.1. The van der Waals surface area contributed by atoms with Crippen molar-refractivity contribution in [1.82, 2.24) is 0 Å². The first-order valence-electron chi connectivity index (χ1n) is 33.3. The van der Waals surface area contributed by atoms with Crippen LogP contribution in [0.2, 0.25) is 0 Å². The molecule has 0 spiro atoms. The van der Waals surface area contributed by atoms with Crippen molar-refractivity contribution in [2.45, 2.75) is 236 Å². The minimum Gasteiger partial charge on any atom is -0.463 e. The second kappa shape index (κ2) is 54.9. The summed E-state index contributed by atoms with van der Waals surface area (Å²) < 4.78 is 84.2. The Labute approximate surface area is 686 Å². The number of hydrogen-bond donors (Lipinski definition) is 16. The summed E-state index contributed by atoms with van der Waals surface area (Å²) >= 11 is 36.0. The Kier molecular flexibility index (Phi) is 53.5. The van der Waals surface area contributed by atoms with E-state index in [-0.39, 0.29) is 130 Å². The van der Waals surface area contributed by atoms with Crippen molar-refractivity contribution < 1.29 is 187 Å². The number of hydrogen-bond acceptors (Lipinski definition) is 35. The van der Waals surface area contributed by atoms with Crippen LogP contribution in [0.25, 0.3) is 0 Å². The second-order valence-corrected chi connectivity index (χ2v) is 26.7. The monoisotopic (exact) mass is 1810 g/mol. The van der Waals surface area contributed by atoms with Crippen molar-refractivity contribution >= 4 is 108 Å². The summed E-state index contributed by atoms with van der Waals surface area (Å²) in [6.45, 7) is -2.69. The topological polar surface area (TPSA) is 538 Å². The summed E-state index contributed by atoms with van der Waals surface area (Å²) in [5.41, 5.74) is 1.56. The normalized spacial score (nSPS) is 31.5. The van der Waals surface area contributed by atoms with Crippen molar-refractivity contribution in [3.63, 3.8) is 0 Å². The summed E-state index contributed by atoms with van der Waals surface area (Å²) in [5.74, 6) is -8.33. The molecule has 7 rings (SSSR count). The molecule has 16 N–H and O–H groups in total. The first-order chi connectivity index (χ1) is 50.7. The number of unbranched alkanes of at least 4 members (excludes halogenated alkanes) is 2. The van der Waals surface area contributed by atoms with Crippen LogP contribution in [0, 0.1) is 18.1 Å². The Hall–Kier alpha value is -2.94. The van der Waals surface area contributed by atoms with Crippen LogP contribution in [0.4, 0.5) is 4.70 Å². The molecule has 5 aliphatic heterocycles. The fourth-order valence-corrected chi connectivity index (χ4v) is 12.7. The van der Waals surface area contributed by atoms with E-state index in [1.807, 2.05) is 60.7 Å². The van der Waals surface area contributed by atoms with Crippen LogP contribution in [-0.2, 0) is 117 Å². The molecule has 111 heavy (non-hydrogen) atoms. The van der Waals surface area contributed by atoms with Crippen molar-refractivity contribution in [2.24, 2.45) is 0 Å². The third-order valence-corrected chi connectivity index (χ3v) is 19.6. The molecule has 0 bridgehead atoms. The maximum absolute atomic E-state index is 12.9. The van der Waals surface area contributed by atoms with Gasteiger partial charge in [-0.05, 0) is 12.8 Å². The summed E-state index contributed by atoms with van der Waals surface area (Å²) in [4.78, 5) is 49.7. The number of ether oxygens (including phenoxy) is 13. The van der Waals surface area contributed by atoms with Crippen molar-refractivity contribution in [3.8, 4) is 0 Å². The molecular formula is C66H104B2Cl6FN2O33Pd-. The Morgan fingerprint density at radius 3 is 1.39 bits per heavy atom. The van der Waals surface area contributed by atoms with E-state index in [1.165, 1.54) is 0 Å². The summed E-state index contributed by atoms with van der Waals surface area (Å²) in [7, 11) is 2.47. The molecule has 5 fully saturated rings. The first-order valence-corrected chi connectivity index (χ1v) is 36.3. The van der Waals surface area contributed by atoms with Gasteiger partial charge in [0, 0.05) is 40.4 Å². The third-order valence-electron chi connectivity index (χ3n) is 17.1. The smallest absolute Gasteiger partial charge is 0.305 e. The SMILES string of the molecule is C.C.CO.F.N=BO[C@@H](COC(=O)CCCCC(=O)OCC1O[C@H](O[C@]2(CCl)O[C@H](CCl)C(O)C2O)C(O)[C@@H](O)[C@H]1Cl)C(OCc1ccccc1)C1OC(c2ccccc2)OC[C@@H]1OB=N.O=C(CCCCC(=O)OC[C@@H](O)[C@@H](O)[C@H](O)C(O)CO)OCC1O[C@@H](O[C@]2(CCl)O[C@@H](CCl)[C@@H](O)C2O)C(O)[C@@H](O)C1Cl.[CH3-].[Pd]. The van der Waals surface area contributed by atoms with Crippen molar-refractivity contribution in [1.29, 1.82) is 10.6 Å². The number of esters is 4. The van der Waals surface area contributed by atoms with E-state index < -0.39 is 225 Å². The van der Waals surface area contributed by atoms with E-state index in [9.17, 15) is 80.5 Å². The van der Waals surface area contributed by atoms with Gasteiger partial charge >= 0.3 is 246 Å². The van der Waals surface area contributed by atoms with E-state index in [0.29, 0.717) is 7.27 Å². The molecule has 5 aliphatic rings. The average Bonchev–Trinajstić information content (AvgIpc) is 1.65. The molecule has 5 saturated heterocycles. The predicted octanol–water partition coefficient (Wildman–Crippen LogP) is 0.147. The zero-order valence-electron chi connectivity index (χ0n) is 58.8. The largest absolute Gasteiger partial charge is 0.463 e. The van der Waals surface area contributed by atoms with Gasteiger partial charge in [0.1, 0.15) is 111 Å². The van der Waals surface area contributed by atoms with Crippen LogP contribution >= 0.6 is 69.6 Å². The van der Waals surface area contributed by atoms with Crippen LogP contribution in [0.5, 0.6) is 0 Å². The molecule has 45 heteroatoms. The van der Waals surface area contributed by atoms with Gasteiger partial charge in [-0.25, -0.2) is 0 Å². The Morgan fingerprint density at radius 2 is 0.991 bits per heavy atom. The van der Waals surface area contributed by atoms with Crippen LogP contribution in [0.1, 0.15) is 83.6 Å². The summed E-state index contributed by atoms with van der Waals surface area (Å²) in [6.07, 6.45) is -32.3. The summed E-state index contributed by atoms with van der Waals surface area (Å²) in [6, 6.07) is 18.5. The van der Waals surface area contributed by atoms with E-state index in [2.05, 4.69) is 0 Å². The number of carbonyl (C=O) groups is 4. The van der Waals surface area contributed by atoms with Gasteiger partial charge in [-0.1, -0.05) is 14.9 Å². The minimum atomic E-state index is -2.05. The minimum absolute atomic E-state index is 0. The number of aliphatic hydroxyl groups excluding tert-OH is 14. The molecule has 2 aromatic carbocycles. The number of aliphatic hydroxyl groups is 14. The Balaban J connectivity index is 0.00000215. The van der Waals surface area contributed by atoms with Gasteiger partial charge in [-0.3, -0.25) is 14.3 Å². The Bertz CT molecular complexity index is 2940. The Morgan fingerprint density at radius 1 is 0.577 bits per heavy atom. The van der Waals surface area contributed by atoms with Crippen molar-refractivity contribution in [2.75, 3.05) is 70.3 Å². The predicted molar refractivity (Wildman–Crippen MR) is 389 cm³/mol. The number of benzene rings is 2. The van der Waals surface area contributed by atoms with Gasteiger partial charge in [0.05, 0.1) is 40.9 Å². The molecule has 0 aliphatic carbocycles. The molecular weight excluding hydrogens is 1710 g/mol. The van der Waals surface area contributed by atoms with Gasteiger partial charge in [0.25, 0.3) is 0 Å². The van der Waals surface area contributed by atoms with Gasteiger partial charge < -0.3 is 117 Å². The molecule has 2 aromatic rings. The van der Waals surface area contributed by atoms with E-state index in [1.54, 1.807) is 0 Å². The summed E-state index contributed by atoms with van der Waals surface area (Å²) in [5, 5.41) is 150. The second-order valence-electron chi connectivity index (χ2n) is 24.5. The molecule has 0 radical (unpaired) electrons. The number of nitrogens with one attached hydrogen (secondary N) is 2. The maximum atomic E-state index is 12.9. The molecule has 27 atom stereocenters. The number of carbonyl (C=O) groups excluding carboxylic acids is 4. The first kappa shape index (κ1) is 108. The molecule has 0 amide bonds. The van der Waals surface area contributed by atoms with Crippen LogP contribution in [-0.4, -0.2) is 337 Å². The van der Waals surface area contributed by atoms with Crippen LogP contribution in [0.15, 0.2) is 60.7 Å². The van der Waals surface area contributed by atoms with Crippen LogP contribution in [0.3, 0.4) is 0 Å². The number of rotatable bonds is 40. The van der Waals surface area contributed by atoms with E-state index in [0.717, 1.165) is 25.5 Å². The quantitative estimate of drug-likeness (QED) is 0.0105. The molecule has 12 unspecified atom stereocenters. The fraction of sp³-hybridized carbons (Fsp3) is 0.742. The number of halogens is 7. The third kappa shape index (κ3) is 31.1. The molecule has 35 nitrogen and oxygen atoms in total. The number of alkyl halides is 6. The molecule has 0 aromatic heterocycles. The van der Waals surface area contributed by atoms with Gasteiger partial charge in [-0.15, -0.1) is 69.6 Å². The van der Waals surface area contributed by atoms with E-state index >= 15 is 0 Å². The molecule has 0 saturated carbocycles. The molecule has 642 valence electrons. The van der Waals surface area contributed by atoms with E-state index in [4.69, 9.17) is 161 Å². The molecule has 5 heterocycles. The zero-order valence-corrected chi connectivity index (χ0v) is 64.9. The zero-order chi connectivity index (χ0) is 78.4. The van der Waals surface area contributed by atoms with Gasteiger partial charge in [0.15, 0.2) is 12.6 Å². The van der Waals surface area contributed by atoms with Crippen molar-refractivity contribution in [3.05, 3.63) is 79.2 Å². The average molecular weight is 1810 g/mol. The van der Waals surface area contributed by atoms with Gasteiger partial charge in [-0.2, -0.15) is 0 Å². The van der Waals surface area contributed by atoms with Gasteiger partial charge in [0.2, 0.25) is 11.6 Å². The standard InChI is InChI=1S/C38H49B2Cl3N2O16.C24H39Cl3O16.CH4O.2CH4.CH3.FH.Pd/c41-15-23-30(48)35(51)38(20-42,58-23)59-37-32(50)31(49)29(43)24(56-37)17-52-27(46)13-7-8-14-28(47)53-18-25(60-39-44)33(54-16-21-9-3-1-4-10-21)34-26(61-40-45)19-55-36(57-34)22-11-5-2-6-12-22;25-5-12-19(35)22(38)24(9-26,42-12)43-23-21(37)20(36)16(27)13(41-23)8-40-15(32)4-2-1-3-14(31)39-7-11(30)18(34)17(33)10(29)6-28;1-2;;;;;/h1-6,9-12,23-26,29-37,44-45,48-51H,7-8,13-20H2;10-13,16-23,28-30,33-38H,1-9H2;2H,1H3;2*1H4;1H3;1H;/q;;;;;-1;;/t23-,24?,25+,26+,29+,30?,31+,32?,33?,34?,35?,36?,37-,38+;10?,11-,12+,13?,16?,17-,18-,19-,20+,21?,22?,23+,24+;;;;;;/m11....../s1. The maximum Gasteiger partial charge on any atom is 0.305 e.